The van der Waals surface area contributed by atoms with Crippen molar-refractivity contribution in [3.8, 4) is 0 Å². The summed E-state index contributed by atoms with van der Waals surface area (Å²) in [7, 11) is 0. The van der Waals surface area contributed by atoms with E-state index in [1.807, 2.05) is 0 Å². The molecule has 0 amide bonds. The van der Waals surface area contributed by atoms with Crippen LogP contribution < -0.4 is 0 Å². The van der Waals surface area contributed by atoms with Gasteiger partial charge in [-0.15, -0.1) is 0 Å². The first-order chi connectivity index (χ1) is 6.65. The fraction of sp³-hybridized carbons (Fsp3) is 0. The van der Waals surface area contributed by atoms with Gasteiger partial charge in [0.15, 0.2) is 0 Å². The number of halogens is 3. The minimum atomic E-state index is -0.0288. The fourth-order valence-corrected chi connectivity index (χ4v) is 1.21. The second kappa shape index (κ2) is 5.18. The van der Waals surface area contributed by atoms with Crippen LogP contribution in [0, 0.1) is 0 Å². The third-order valence-electron chi connectivity index (χ3n) is 1.44. The largest absolute Gasteiger partial charge is 0.240 e. The number of hydrogen-bond acceptors (Lipinski definition) is 2. The smallest absolute Gasteiger partial charge is 0.211 e. The van der Waals surface area contributed by atoms with Gasteiger partial charge < -0.3 is 0 Å². The van der Waals surface area contributed by atoms with Gasteiger partial charge in [0.05, 0.1) is 10.7 Å². The summed E-state index contributed by atoms with van der Waals surface area (Å²) in [6.45, 7) is 0. The van der Waals surface area contributed by atoms with Gasteiger partial charge in [0, 0.05) is 0 Å². The van der Waals surface area contributed by atoms with Gasteiger partial charge in [-0.1, -0.05) is 46.9 Å². The molecule has 0 aliphatic heterocycles. The Morgan fingerprint density at radius 3 is 2.57 bits per heavy atom. The van der Waals surface area contributed by atoms with E-state index in [0.717, 1.165) is 0 Å². The topological polar surface area (TPSA) is 29.4 Å². The lowest BCUT2D eigenvalue weighted by Crippen LogP contribution is -1.76. The highest BCUT2D eigenvalue weighted by atomic mass is 35.5. The summed E-state index contributed by atoms with van der Waals surface area (Å²) >= 11 is 16.8. The van der Waals surface area contributed by atoms with Crippen molar-refractivity contribution in [3.63, 3.8) is 0 Å². The molecule has 0 aliphatic rings. The van der Waals surface area contributed by atoms with Gasteiger partial charge >= 0.3 is 0 Å². The van der Waals surface area contributed by atoms with Crippen molar-refractivity contribution in [2.75, 3.05) is 0 Å². The van der Waals surface area contributed by atoms with E-state index in [1.54, 1.807) is 24.3 Å². The summed E-state index contributed by atoms with van der Waals surface area (Å²) in [6.07, 6.45) is 1.43. The maximum Gasteiger partial charge on any atom is 0.240 e. The summed E-state index contributed by atoms with van der Waals surface area (Å²) in [4.78, 5) is 13.4. The molecule has 0 atom stereocenters. The van der Waals surface area contributed by atoms with Crippen molar-refractivity contribution >= 4 is 51.6 Å². The lowest BCUT2D eigenvalue weighted by atomic mass is 10.2. The molecular weight excluding hydrogens is 244 g/mol. The molecule has 0 heterocycles. The fourth-order valence-electron chi connectivity index (χ4n) is 0.874. The van der Waals surface area contributed by atoms with Gasteiger partial charge in [-0.2, -0.15) is 4.99 Å². The van der Waals surface area contributed by atoms with E-state index in [-0.39, 0.29) is 9.52 Å². The number of carbonyl (C=O) groups excluding carboxylic acids is 1. The third-order valence-corrected chi connectivity index (χ3v) is 2.42. The van der Waals surface area contributed by atoms with Crippen LogP contribution in [0.15, 0.2) is 33.7 Å². The van der Waals surface area contributed by atoms with E-state index >= 15 is 0 Å². The Morgan fingerprint density at radius 2 is 2.00 bits per heavy atom. The minimum absolute atomic E-state index is 0.0288. The van der Waals surface area contributed by atoms with Crippen LogP contribution in [0.3, 0.4) is 0 Å². The molecule has 0 aliphatic carbocycles. The summed E-state index contributed by atoms with van der Waals surface area (Å²) in [5, 5.41) is 0.219. The van der Waals surface area contributed by atoms with Crippen LogP contribution in [-0.4, -0.2) is 6.08 Å². The average Bonchev–Trinajstić information content (AvgIpc) is 2.17. The van der Waals surface area contributed by atoms with Crippen molar-refractivity contribution < 1.29 is 4.79 Å². The normalized spacial score (nSPS) is 9.07. The summed E-state index contributed by atoms with van der Waals surface area (Å²) in [5.41, 5.74) is 1.05. The Kier molecular flexibility index (Phi) is 4.18. The van der Waals surface area contributed by atoms with Crippen molar-refractivity contribution in [1.29, 1.82) is 0 Å². The average molecular weight is 248 g/mol. The van der Waals surface area contributed by atoms with E-state index in [0.29, 0.717) is 11.3 Å². The van der Waals surface area contributed by atoms with Crippen molar-refractivity contribution in [1.82, 2.24) is 0 Å². The van der Waals surface area contributed by atoms with Crippen LogP contribution in [0.4, 0.5) is 5.69 Å². The first-order valence-corrected chi connectivity index (χ1v) is 4.67. The van der Waals surface area contributed by atoms with Gasteiger partial charge in [-0.25, -0.2) is 4.79 Å². The van der Waals surface area contributed by atoms with Crippen LogP contribution in [-0.2, 0) is 4.79 Å². The Bertz CT molecular complexity index is 418. The Balaban J connectivity index is 3.18. The lowest BCUT2D eigenvalue weighted by Gasteiger charge is -1.99. The number of hydrogen-bond donors (Lipinski definition) is 0. The molecule has 0 N–H and O–H groups in total. The molecule has 0 spiro atoms. The summed E-state index contributed by atoms with van der Waals surface area (Å²) < 4.78 is -0.0288. The van der Waals surface area contributed by atoms with Gasteiger partial charge in [0.2, 0.25) is 6.08 Å². The molecule has 0 saturated heterocycles. The number of rotatable bonds is 2. The van der Waals surface area contributed by atoms with Crippen molar-refractivity contribution in [3.05, 3.63) is 34.3 Å². The number of benzene rings is 1. The van der Waals surface area contributed by atoms with Gasteiger partial charge in [0.25, 0.3) is 0 Å². The molecule has 0 unspecified atom stereocenters. The van der Waals surface area contributed by atoms with Crippen molar-refractivity contribution in [2.45, 2.75) is 0 Å². The summed E-state index contributed by atoms with van der Waals surface area (Å²) in [6, 6.07) is 6.61. The molecule has 72 valence electrons. The molecule has 5 heteroatoms. The van der Waals surface area contributed by atoms with E-state index in [9.17, 15) is 4.79 Å². The zero-order valence-electron chi connectivity index (χ0n) is 6.80. The molecule has 0 saturated carbocycles. The Labute approximate surface area is 95.8 Å². The second-order valence-corrected chi connectivity index (χ2v) is 3.66. The van der Waals surface area contributed by atoms with Crippen molar-refractivity contribution in [2.24, 2.45) is 4.99 Å². The molecular formula is C9H4Cl3NO. The van der Waals surface area contributed by atoms with Gasteiger partial charge in [-0.05, 0) is 17.7 Å². The maximum atomic E-state index is 10.0. The molecule has 0 aromatic heterocycles. The van der Waals surface area contributed by atoms with E-state index in [1.165, 1.54) is 6.08 Å². The first kappa shape index (κ1) is 11.3. The van der Waals surface area contributed by atoms with E-state index < -0.39 is 0 Å². The lowest BCUT2D eigenvalue weighted by molar-refractivity contribution is 0.565. The molecule has 1 aromatic rings. The quantitative estimate of drug-likeness (QED) is 0.574. The minimum Gasteiger partial charge on any atom is -0.211 e. The number of isocyanates is 1. The highest BCUT2D eigenvalue weighted by Gasteiger charge is 2.03. The molecule has 0 bridgehead atoms. The SMILES string of the molecule is O=C=Nc1cccc(C(Cl)=C(Cl)Cl)c1. The molecule has 1 aromatic carbocycles. The summed E-state index contributed by atoms with van der Waals surface area (Å²) in [5.74, 6) is 0. The van der Waals surface area contributed by atoms with Gasteiger partial charge in [-0.3, -0.25) is 0 Å². The van der Waals surface area contributed by atoms with Crippen LogP contribution in [0.25, 0.3) is 5.03 Å². The molecule has 0 radical (unpaired) electrons. The predicted octanol–water partition coefficient (Wildman–Crippen LogP) is 4.00. The zero-order valence-corrected chi connectivity index (χ0v) is 9.07. The molecule has 0 fully saturated rings. The standard InChI is InChI=1S/C9H4Cl3NO/c10-8(9(11)12)6-2-1-3-7(4-6)13-5-14/h1-4H. The van der Waals surface area contributed by atoms with Crippen LogP contribution >= 0.6 is 34.8 Å². The third kappa shape index (κ3) is 2.86. The second-order valence-electron chi connectivity index (χ2n) is 2.33. The van der Waals surface area contributed by atoms with Gasteiger partial charge in [0.1, 0.15) is 4.49 Å². The maximum absolute atomic E-state index is 10.0. The van der Waals surface area contributed by atoms with E-state index in [4.69, 9.17) is 34.8 Å². The van der Waals surface area contributed by atoms with Crippen LogP contribution in [0.2, 0.25) is 0 Å². The molecule has 2 nitrogen and oxygen atoms in total. The number of aliphatic imine (C=N–C) groups is 1. The number of nitrogens with zero attached hydrogens (tertiary/aromatic N) is 1. The predicted molar refractivity (Wildman–Crippen MR) is 58.7 cm³/mol. The molecule has 1 rings (SSSR count). The first-order valence-electron chi connectivity index (χ1n) is 3.54. The monoisotopic (exact) mass is 247 g/mol. The molecule has 14 heavy (non-hydrogen) atoms. The zero-order chi connectivity index (χ0) is 10.6. The van der Waals surface area contributed by atoms with E-state index in [2.05, 4.69) is 4.99 Å². The highest BCUT2D eigenvalue weighted by molar-refractivity contribution is 6.66. The van der Waals surface area contributed by atoms with Crippen LogP contribution in [0.5, 0.6) is 0 Å². The Hall–Kier alpha value is -0.790. The highest BCUT2D eigenvalue weighted by Crippen LogP contribution is 2.29. The Morgan fingerprint density at radius 1 is 1.29 bits per heavy atom. The van der Waals surface area contributed by atoms with Crippen LogP contribution in [0.1, 0.15) is 5.56 Å².